The van der Waals surface area contributed by atoms with Gasteiger partial charge in [-0.2, -0.15) is 0 Å². The van der Waals surface area contributed by atoms with Gasteiger partial charge < -0.3 is 25.0 Å². The molecule has 0 aliphatic carbocycles. The number of ether oxygens (including phenoxy) is 2. The molecule has 0 fully saturated rings. The first-order valence-corrected chi connectivity index (χ1v) is 14.7. The molecule has 0 atom stereocenters. The summed E-state index contributed by atoms with van der Waals surface area (Å²) in [7, 11) is 0. The van der Waals surface area contributed by atoms with Crippen LogP contribution in [0.25, 0.3) is 0 Å². The number of anilines is 1. The van der Waals surface area contributed by atoms with Crippen LogP contribution in [0.15, 0.2) is 83.6 Å². The maximum absolute atomic E-state index is 13.5. The average molecular weight is 627 g/mol. The molecule has 3 amide bonds. The van der Waals surface area contributed by atoms with E-state index in [9.17, 15) is 14.4 Å². The van der Waals surface area contributed by atoms with Gasteiger partial charge in [0.25, 0.3) is 5.91 Å². The highest BCUT2D eigenvalue weighted by molar-refractivity contribution is 9.10. The third-order valence-electron chi connectivity index (χ3n) is 6.09. The Morgan fingerprint density at radius 3 is 2.22 bits per heavy atom. The molecular weight excluding hydrogens is 588 g/mol. The second-order valence-corrected chi connectivity index (χ2v) is 10.3. The Morgan fingerprint density at radius 2 is 1.51 bits per heavy atom. The quantitative estimate of drug-likeness (QED) is 0.177. The Bertz CT molecular complexity index is 1240. The fourth-order valence-corrected chi connectivity index (χ4v) is 4.64. The number of hydrogen-bond donors (Lipinski definition) is 2. The molecule has 0 bridgehead atoms. The predicted molar refractivity (Wildman–Crippen MR) is 161 cm³/mol. The molecule has 3 rings (SSSR count). The van der Waals surface area contributed by atoms with Crippen molar-refractivity contribution in [2.45, 2.75) is 39.2 Å². The second-order valence-electron chi connectivity index (χ2n) is 9.34. The third kappa shape index (κ3) is 11.6. The highest BCUT2D eigenvalue weighted by atomic mass is 79.9. The summed E-state index contributed by atoms with van der Waals surface area (Å²) < 4.78 is 13.2. The van der Waals surface area contributed by atoms with E-state index in [1.807, 2.05) is 65.5 Å². The molecule has 1 heterocycles. The van der Waals surface area contributed by atoms with Gasteiger partial charge in [-0.3, -0.25) is 4.79 Å². The van der Waals surface area contributed by atoms with Gasteiger partial charge in [0.15, 0.2) is 12.4 Å². The number of aryl methyl sites for hydroxylation is 2. The van der Waals surface area contributed by atoms with Crippen molar-refractivity contribution in [3.05, 3.63) is 94.7 Å². The Hall–Kier alpha value is -3.92. The fourth-order valence-electron chi connectivity index (χ4n) is 4.13. The Balaban J connectivity index is 1.36. The van der Waals surface area contributed by atoms with Gasteiger partial charge in [0.1, 0.15) is 25.3 Å². The van der Waals surface area contributed by atoms with Crippen LogP contribution < -0.4 is 20.1 Å². The van der Waals surface area contributed by atoms with Crippen LogP contribution >= 0.6 is 15.9 Å². The van der Waals surface area contributed by atoms with Crippen LogP contribution in [0.3, 0.4) is 0 Å². The zero-order chi connectivity index (χ0) is 29.3. The lowest BCUT2D eigenvalue weighted by molar-refractivity contribution is -0.697. The van der Waals surface area contributed by atoms with Gasteiger partial charge in [-0.15, -0.1) is 0 Å². The van der Waals surface area contributed by atoms with Gasteiger partial charge >= 0.3 is 12.2 Å². The average Bonchev–Trinajstić information content (AvgIpc) is 2.98. The number of carbonyl (C=O) groups excluding carboxylic acids is 3. The summed E-state index contributed by atoms with van der Waals surface area (Å²) in [6.45, 7) is 3.66. The van der Waals surface area contributed by atoms with Crippen LogP contribution in [0.2, 0.25) is 0 Å². The number of alkyl carbamates (subject to hydrolysis) is 2. The Kier molecular flexibility index (Phi) is 13.6. The number of halogens is 1. The summed E-state index contributed by atoms with van der Waals surface area (Å²) in [6, 6.07) is 21.2. The number of hydrogen-bond acceptors (Lipinski definition) is 5. The molecular formula is C31H38BrN4O5+. The van der Waals surface area contributed by atoms with Crippen LogP contribution in [0.5, 0.6) is 0 Å². The van der Waals surface area contributed by atoms with E-state index in [4.69, 9.17) is 9.47 Å². The number of pyridine rings is 1. The molecule has 0 radical (unpaired) electrons. The molecule has 0 saturated carbocycles. The van der Waals surface area contributed by atoms with Gasteiger partial charge in [0, 0.05) is 18.7 Å². The summed E-state index contributed by atoms with van der Waals surface area (Å²) in [5.41, 5.74) is 2.49. The maximum atomic E-state index is 13.5. The Morgan fingerprint density at radius 1 is 0.854 bits per heavy atom. The lowest BCUT2D eigenvalue weighted by Crippen LogP contribution is -2.39. The van der Waals surface area contributed by atoms with Crippen molar-refractivity contribution < 1.29 is 28.4 Å². The van der Waals surface area contributed by atoms with Crippen molar-refractivity contribution in [2.75, 3.05) is 37.7 Å². The standard InChI is InChI=1S/C31H37BrN4O5/c1-2-18-35-23-26(22-27(32)24-35)29(37)36(28-14-7-4-8-15-28)19-21-41-31(39)34-17-20-40-30(38)33-16-10-9-13-25-11-5-3-6-12-25/h3-8,11-12,14-15,22-24H,2,9-10,13,16-21H2,1H3,(H-,33,34,38,39)/p+1. The van der Waals surface area contributed by atoms with Crippen molar-refractivity contribution in [1.29, 1.82) is 0 Å². The number of nitrogens with one attached hydrogen (secondary N) is 2. The number of para-hydroxylation sites is 1. The van der Waals surface area contributed by atoms with Gasteiger partial charge in [-0.1, -0.05) is 55.5 Å². The largest absolute Gasteiger partial charge is 0.448 e. The molecule has 9 nitrogen and oxygen atoms in total. The van der Waals surface area contributed by atoms with Gasteiger partial charge in [-0.25, -0.2) is 14.2 Å². The van der Waals surface area contributed by atoms with Crippen molar-refractivity contribution >= 4 is 39.7 Å². The molecule has 0 aliphatic heterocycles. The maximum Gasteiger partial charge on any atom is 0.407 e. The fraction of sp³-hybridized carbons (Fsp3) is 0.355. The second kappa shape index (κ2) is 17.7. The highest BCUT2D eigenvalue weighted by Crippen LogP contribution is 2.18. The zero-order valence-electron chi connectivity index (χ0n) is 23.4. The summed E-state index contributed by atoms with van der Waals surface area (Å²) in [5.74, 6) is -0.203. The van der Waals surface area contributed by atoms with E-state index in [1.54, 1.807) is 11.0 Å². The smallest absolute Gasteiger partial charge is 0.407 e. The van der Waals surface area contributed by atoms with Crippen molar-refractivity contribution in [2.24, 2.45) is 0 Å². The summed E-state index contributed by atoms with van der Waals surface area (Å²) >= 11 is 3.49. The first-order chi connectivity index (χ1) is 20.0. The number of nitrogens with zero attached hydrogens (tertiary/aromatic N) is 2. The molecule has 218 valence electrons. The lowest BCUT2D eigenvalue weighted by Gasteiger charge is -2.22. The minimum Gasteiger partial charge on any atom is -0.448 e. The first-order valence-electron chi connectivity index (χ1n) is 13.9. The monoisotopic (exact) mass is 625 g/mol. The molecule has 1 aromatic heterocycles. The number of unbranched alkanes of at least 4 members (excludes halogenated alkanes) is 1. The number of rotatable bonds is 15. The van der Waals surface area contributed by atoms with Crippen LogP contribution in [-0.4, -0.2) is 50.9 Å². The molecule has 3 aromatic rings. The van der Waals surface area contributed by atoms with Crippen LogP contribution in [0, 0.1) is 0 Å². The third-order valence-corrected chi connectivity index (χ3v) is 6.52. The first kappa shape index (κ1) is 31.6. The van der Waals surface area contributed by atoms with Crippen LogP contribution in [0.1, 0.15) is 42.1 Å². The van der Waals surface area contributed by atoms with E-state index in [0.29, 0.717) is 17.8 Å². The lowest BCUT2D eigenvalue weighted by atomic mass is 10.1. The number of amides is 3. The molecule has 0 unspecified atom stereocenters. The molecule has 2 aromatic carbocycles. The van der Waals surface area contributed by atoms with E-state index >= 15 is 0 Å². The van der Waals surface area contributed by atoms with E-state index < -0.39 is 12.2 Å². The molecule has 2 N–H and O–H groups in total. The summed E-state index contributed by atoms with van der Waals surface area (Å²) in [4.78, 5) is 39.1. The van der Waals surface area contributed by atoms with Crippen molar-refractivity contribution in [3.8, 4) is 0 Å². The predicted octanol–water partition coefficient (Wildman–Crippen LogP) is 5.27. The molecule has 10 heteroatoms. The number of carbonyl (C=O) groups is 3. The zero-order valence-corrected chi connectivity index (χ0v) is 25.0. The molecule has 41 heavy (non-hydrogen) atoms. The number of benzene rings is 2. The van der Waals surface area contributed by atoms with Crippen molar-refractivity contribution in [1.82, 2.24) is 10.6 Å². The van der Waals surface area contributed by atoms with Gasteiger partial charge in [0.05, 0.1) is 17.6 Å². The summed E-state index contributed by atoms with van der Waals surface area (Å²) in [6.07, 6.45) is 6.28. The highest BCUT2D eigenvalue weighted by Gasteiger charge is 2.21. The SMILES string of the molecule is CCC[n+]1cc(Br)cc(C(=O)N(CCOC(=O)NCCOC(=O)NCCCCc2ccccc2)c2ccccc2)c1. The van der Waals surface area contributed by atoms with E-state index in [0.717, 1.165) is 36.7 Å². The number of aromatic nitrogens is 1. The van der Waals surface area contributed by atoms with Crippen LogP contribution in [-0.2, 0) is 22.4 Å². The van der Waals surface area contributed by atoms with Gasteiger partial charge in [0.2, 0.25) is 0 Å². The minimum atomic E-state index is -0.654. The Labute approximate surface area is 250 Å². The van der Waals surface area contributed by atoms with Gasteiger partial charge in [-0.05, 0) is 59.0 Å². The van der Waals surface area contributed by atoms with E-state index in [1.165, 1.54) is 5.56 Å². The topological polar surface area (TPSA) is 101 Å². The molecule has 0 aliphatic rings. The van der Waals surface area contributed by atoms with Crippen LogP contribution in [0.4, 0.5) is 15.3 Å². The van der Waals surface area contributed by atoms with E-state index in [-0.39, 0.29) is 32.2 Å². The normalized spacial score (nSPS) is 10.5. The van der Waals surface area contributed by atoms with Crippen molar-refractivity contribution in [3.63, 3.8) is 0 Å². The van der Waals surface area contributed by atoms with E-state index in [2.05, 4.69) is 45.6 Å². The molecule has 0 saturated heterocycles. The minimum absolute atomic E-state index is 0.0141. The molecule has 0 spiro atoms. The summed E-state index contributed by atoms with van der Waals surface area (Å²) in [5, 5.41) is 5.27.